The Labute approximate surface area is 128 Å². The summed E-state index contributed by atoms with van der Waals surface area (Å²) in [5, 5.41) is 7.12. The third-order valence-electron chi connectivity index (χ3n) is 2.90. The second kappa shape index (κ2) is 6.99. The molecule has 1 heterocycles. The molecule has 1 aromatic carbocycles. The van der Waals surface area contributed by atoms with Crippen molar-refractivity contribution in [3.05, 3.63) is 29.3 Å². The van der Waals surface area contributed by atoms with Crippen LogP contribution in [0.1, 0.15) is 15.9 Å². The molecule has 1 aromatic rings. The summed E-state index contributed by atoms with van der Waals surface area (Å²) < 4.78 is 36.4. The van der Waals surface area contributed by atoms with E-state index in [1.54, 1.807) is 12.1 Å². The van der Waals surface area contributed by atoms with Gasteiger partial charge in [-0.1, -0.05) is 6.07 Å². The Bertz CT molecular complexity index is 631. The van der Waals surface area contributed by atoms with Crippen LogP contribution in [0.3, 0.4) is 0 Å². The third-order valence-corrected chi connectivity index (χ3v) is 2.90. The number of alkyl halides is 3. The van der Waals surface area contributed by atoms with Gasteiger partial charge in [-0.15, -0.1) is 0 Å². The van der Waals surface area contributed by atoms with Gasteiger partial charge in [0.05, 0.1) is 12.8 Å². The second-order valence-corrected chi connectivity index (χ2v) is 4.38. The van der Waals surface area contributed by atoms with Crippen LogP contribution < -0.4 is 10.6 Å². The molecule has 3 N–H and O–H groups in total. The number of amides is 2. The van der Waals surface area contributed by atoms with Crippen molar-refractivity contribution in [2.24, 2.45) is 5.73 Å². The molecule has 0 aliphatic carbocycles. The predicted octanol–water partition coefficient (Wildman–Crippen LogP) is 1.55. The molecule has 126 valence electrons. The van der Waals surface area contributed by atoms with Crippen molar-refractivity contribution < 1.29 is 37.4 Å². The van der Waals surface area contributed by atoms with Crippen molar-refractivity contribution in [3.63, 3.8) is 0 Å². The zero-order valence-corrected chi connectivity index (χ0v) is 11.9. The van der Waals surface area contributed by atoms with Crippen molar-refractivity contribution in [2.75, 3.05) is 18.6 Å². The number of carboxylic acids is 1. The number of benzene rings is 1. The van der Waals surface area contributed by atoms with Gasteiger partial charge < -0.3 is 15.6 Å². The van der Waals surface area contributed by atoms with E-state index in [0.29, 0.717) is 17.8 Å². The first kappa shape index (κ1) is 18.3. The Morgan fingerprint density at radius 2 is 1.87 bits per heavy atom. The van der Waals surface area contributed by atoms with Crippen LogP contribution >= 0.6 is 0 Å². The van der Waals surface area contributed by atoms with Crippen LogP contribution in [0.5, 0.6) is 0 Å². The summed E-state index contributed by atoms with van der Waals surface area (Å²) in [7, 11) is 1.33. The van der Waals surface area contributed by atoms with Gasteiger partial charge in [0, 0.05) is 12.1 Å². The molecule has 10 heteroatoms. The SMILES string of the molecule is COC(=O)N1CCc2ccc(C(N)=O)cc21.O=C(O)C(F)(F)F. The number of nitrogens with two attached hydrogens (primary N) is 1. The normalized spacial score (nSPS) is 12.8. The lowest BCUT2D eigenvalue weighted by atomic mass is 10.1. The van der Waals surface area contributed by atoms with E-state index in [-0.39, 0.29) is 0 Å². The molecule has 0 saturated heterocycles. The number of ether oxygens (including phenoxy) is 1. The molecular formula is C13H13F3N2O5. The molecule has 0 radical (unpaired) electrons. The number of nitrogens with zero attached hydrogens (tertiary/aromatic N) is 1. The number of aliphatic carboxylic acids is 1. The van der Waals surface area contributed by atoms with Crippen LogP contribution in [0.4, 0.5) is 23.7 Å². The van der Waals surface area contributed by atoms with E-state index < -0.39 is 24.1 Å². The topological polar surface area (TPSA) is 110 Å². The molecular weight excluding hydrogens is 321 g/mol. The zero-order valence-electron chi connectivity index (χ0n) is 11.9. The first-order valence-corrected chi connectivity index (χ1v) is 6.16. The summed E-state index contributed by atoms with van der Waals surface area (Å²) in [4.78, 5) is 32.9. The van der Waals surface area contributed by atoms with Crippen molar-refractivity contribution in [1.29, 1.82) is 0 Å². The number of fused-ring (bicyclic) bond motifs is 1. The number of carbonyl (C=O) groups is 3. The van der Waals surface area contributed by atoms with Crippen LogP contribution in [0, 0.1) is 0 Å². The molecule has 0 unspecified atom stereocenters. The summed E-state index contributed by atoms with van der Waals surface area (Å²) >= 11 is 0. The van der Waals surface area contributed by atoms with Crippen LogP contribution in [-0.4, -0.2) is 42.9 Å². The minimum Gasteiger partial charge on any atom is -0.475 e. The number of anilines is 1. The summed E-state index contributed by atoms with van der Waals surface area (Å²) in [6, 6.07) is 5.11. The zero-order chi connectivity index (χ0) is 17.8. The fourth-order valence-corrected chi connectivity index (χ4v) is 1.83. The molecule has 2 rings (SSSR count). The number of carbonyl (C=O) groups excluding carboxylic acids is 2. The summed E-state index contributed by atoms with van der Waals surface area (Å²) in [6.07, 6.45) is -4.73. The summed E-state index contributed by atoms with van der Waals surface area (Å²) in [5.41, 5.74) is 7.32. The van der Waals surface area contributed by atoms with Crippen molar-refractivity contribution in [3.8, 4) is 0 Å². The Hall–Kier alpha value is -2.78. The highest BCUT2D eigenvalue weighted by atomic mass is 19.4. The molecule has 7 nitrogen and oxygen atoms in total. The highest BCUT2D eigenvalue weighted by Gasteiger charge is 2.38. The quantitative estimate of drug-likeness (QED) is 0.809. The number of rotatable bonds is 1. The molecule has 0 atom stereocenters. The highest BCUT2D eigenvalue weighted by molar-refractivity contribution is 5.97. The van der Waals surface area contributed by atoms with Crippen LogP contribution in [0.25, 0.3) is 0 Å². The Balaban J connectivity index is 0.000000322. The molecule has 1 aliphatic heterocycles. The van der Waals surface area contributed by atoms with E-state index in [0.717, 1.165) is 12.0 Å². The van der Waals surface area contributed by atoms with Gasteiger partial charge in [0.15, 0.2) is 0 Å². The second-order valence-electron chi connectivity index (χ2n) is 4.38. The number of carboxylic acid groups (broad SMARTS) is 1. The first-order valence-electron chi connectivity index (χ1n) is 6.16. The number of methoxy groups -OCH3 is 1. The average molecular weight is 334 g/mol. The fraction of sp³-hybridized carbons (Fsp3) is 0.308. The standard InChI is InChI=1S/C11H12N2O3.C2HF3O2/c1-16-11(15)13-5-4-7-2-3-8(10(12)14)6-9(7)13;3-2(4,5)1(6)7/h2-3,6H,4-5H2,1H3,(H2,12,14);(H,6,7). The average Bonchev–Trinajstić information content (AvgIpc) is 2.88. The van der Waals surface area contributed by atoms with Gasteiger partial charge in [-0.05, 0) is 24.1 Å². The van der Waals surface area contributed by atoms with Crippen LogP contribution in [-0.2, 0) is 16.0 Å². The van der Waals surface area contributed by atoms with Gasteiger partial charge in [-0.2, -0.15) is 13.2 Å². The molecule has 0 saturated carbocycles. The smallest absolute Gasteiger partial charge is 0.475 e. The molecule has 2 amide bonds. The highest BCUT2D eigenvalue weighted by Crippen LogP contribution is 2.29. The van der Waals surface area contributed by atoms with E-state index in [1.807, 2.05) is 6.07 Å². The molecule has 0 spiro atoms. The molecule has 0 aromatic heterocycles. The Kier molecular flexibility index (Phi) is 5.55. The number of hydrogen-bond donors (Lipinski definition) is 2. The number of hydrogen-bond acceptors (Lipinski definition) is 4. The minimum atomic E-state index is -5.08. The number of halogens is 3. The molecule has 0 bridgehead atoms. The van der Waals surface area contributed by atoms with Gasteiger partial charge in [-0.25, -0.2) is 9.59 Å². The maximum atomic E-state index is 11.4. The first-order chi connectivity index (χ1) is 10.6. The van der Waals surface area contributed by atoms with Gasteiger partial charge in [0.2, 0.25) is 5.91 Å². The lowest BCUT2D eigenvalue weighted by Gasteiger charge is -2.15. The molecule has 1 aliphatic rings. The number of primary amides is 1. The van der Waals surface area contributed by atoms with Gasteiger partial charge in [0.25, 0.3) is 0 Å². The summed E-state index contributed by atoms with van der Waals surface area (Å²) in [5.74, 6) is -3.26. The van der Waals surface area contributed by atoms with Crippen LogP contribution in [0.2, 0.25) is 0 Å². The molecule has 23 heavy (non-hydrogen) atoms. The largest absolute Gasteiger partial charge is 0.490 e. The Morgan fingerprint density at radius 1 is 1.30 bits per heavy atom. The van der Waals surface area contributed by atoms with Crippen LogP contribution in [0.15, 0.2) is 18.2 Å². The van der Waals surface area contributed by atoms with E-state index in [1.165, 1.54) is 12.0 Å². The third kappa shape index (κ3) is 4.59. The monoisotopic (exact) mass is 334 g/mol. The van der Waals surface area contributed by atoms with Gasteiger partial charge in [-0.3, -0.25) is 9.69 Å². The van der Waals surface area contributed by atoms with Gasteiger partial charge >= 0.3 is 18.2 Å². The maximum Gasteiger partial charge on any atom is 0.490 e. The van der Waals surface area contributed by atoms with E-state index in [2.05, 4.69) is 4.74 Å². The molecule has 0 fully saturated rings. The minimum absolute atomic E-state index is 0.398. The van der Waals surface area contributed by atoms with Crippen molar-refractivity contribution >= 4 is 23.7 Å². The predicted molar refractivity (Wildman–Crippen MR) is 72.1 cm³/mol. The van der Waals surface area contributed by atoms with Crippen molar-refractivity contribution in [2.45, 2.75) is 12.6 Å². The van der Waals surface area contributed by atoms with Crippen molar-refractivity contribution in [1.82, 2.24) is 0 Å². The van der Waals surface area contributed by atoms with E-state index >= 15 is 0 Å². The maximum absolute atomic E-state index is 11.4. The lowest BCUT2D eigenvalue weighted by molar-refractivity contribution is -0.192. The summed E-state index contributed by atoms with van der Waals surface area (Å²) in [6.45, 7) is 0.574. The van der Waals surface area contributed by atoms with E-state index in [4.69, 9.17) is 15.6 Å². The van der Waals surface area contributed by atoms with E-state index in [9.17, 15) is 22.8 Å². The fourth-order valence-electron chi connectivity index (χ4n) is 1.83. The van der Waals surface area contributed by atoms with Gasteiger partial charge in [0.1, 0.15) is 0 Å². The lowest BCUT2D eigenvalue weighted by Crippen LogP contribution is -2.28. The Morgan fingerprint density at radius 3 is 2.30 bits per heavy atom.